The highest BCUT2D eigenvalue weighted by molar-refractivity contribution is 5.90. The molecule has 3 aromatic carbocycles. The third-order valence-electron chi connectivity index (χ3n) is 4.53. The summed E-state index contributed by atoms with van der Waals surface area (Å²) in [6, 6.07) is 24.7. The van der Waals surface area contributed by atoms with E-state index in [9.17, 15) is 4.79 Å². The molecule has 1 amide bonds. The summed E-state index contributed by atoms with van der Waals surface area (Å²) in [4.78, 5) is 14.6. The van der Waals surface area contributed by atoms with Gasteiger partial charge in [0.1, 0.15) is 0 Å². The molecule has 3 heteroatoms. The summed E-state index contributed by atoms with van der Waals surface area (Å²) < 4.78 is 0. The van der Waals surface area contributed by atoms with Crippen molar-refractivity contribution in [3.05, 3.63) is 83.9 Å². The molecule has 1 N–H and O–H groups in total. The van der Waals surface area contributed by atoms with Gasteiger partial charge >= 0.3 is 0 Å². The molecule has 128 valence electrons. The van der Waals surface area contributed by atoms with Gasteiger partial charge in [-0.15, -0.1) is 0 Å². The number of fused-ring (bicyclic) bond motifs is 1. The van der Waals surface area contributed by atoms with Gasteiger partial charge in [-0.3, -0.25) is 4.79 Å². The van der Waals surface area contributed by atoms with E-state index in [1.165, 1.54) is 10.9 Å². The van der Waals surface area contributed by atoms with E-state index in [4.69, 9.17) is 0 Å². The first-order valence-corrected chi connectivity index (χ1v) is 8.60. The van der Waals surface area contributed by atoms with Gasteiger partial charge in [-0.25, -0.2) is 0 Å². The number of benzene rings is 3. The number of amides is 1. The first-order chi connectivity index (χ1) is 12.1. The van der Waals surface area contributed by atoms with E-state index in [-0.39, 0.29) is 11.9 Å². The first kappa shape index (κ1) is 17.2. The molecule has 0 aromatic heterocycles. The number of rotatable bonds is 6. The van der Waals surface area contributed by atoms with Gasteiger partial charge in [-0.05, 0) is 36.0 Å². The topological polar surface area (TPSA) is 32.3 Å². The quantitative estimate of drug-likeness (QED) is 0.744. The molecule has 3 aromatic rings. The lowest BCUT2D eigenvalue weighted by molar-refractivity contribution is -0.120. The Labute approximate surface area is 149 Å². The first-order valence-electron chi connectivity index (χ1n) is 8.60. The van der Waals surface area contributed by atoms with Gasteiger partial charge < -0.3 is 10.2 Å². The van der Waals surface area contributed by atoms with E-state index in [1.54, 1.807) is 0 Å². The molecule has 3 rings (SSSR count). The van der Waals surface area contributed by atoms with Gasteiger partial charge in [0.05, 0.1) is 12.5 Å². The molecule has 3 nitrogen and oxygen atoms in total. The maximum Gasteiger partial charge on any atom is 0.224 e. The van der Waals surface area contributed by atoms with E-state index in [0.717, 1.165) is 10.9 Å². The Morgan fingerprint density at radius 1 is 0.920 bits per heavy atom. The van der Waals surface area contributed by atoms with E-state index >= 15 is 0 Å². The van der Waals surface area contributed by atoms with Crippen LogP contribution in [-0.2, 0) is 11.2 Å². The van der Waals surface area contributed by atoms with Crippen molar-refractivity contribution in [1.29, 1.82) is 0 Å². The smallest absolute Gasteiger partial charge is 0.224 e. The van der Waals surface area contributed by atoms with Crippen LogP contribution in [0.4, 0.5) is 0 Å². The van der Waals surface area contributed by atoms with Crippen molar-refractivity contribution in [2.45, 2.75) is 12.5 Å². The summed E-state index contributed by atoms with van der Waals surface area (Å²) >= 11 is 0. The summed E-state index contributed by atoms with van der Waals surface area (Å²) in [6.07, 6.45) is 0.399. The molecule has 0 fully saturated rings. The summed E-state index contributed by atoms with van der Waals surface area (Å²) in [5.41, 5.74) is 2.27. The van der Waals surface area contributed by atoms with Gasteiger partial charge in [-0.2, -0.15) is 0 Å². The number of likely N-dealkylation sites (N-methyl/N-ethyl adjacent to an activating group) is 1. The summed E-state index contributed by atoms with van der Waals surface area (Å²) in [6.45, 7) is 0.598. The molecule has 0 radical (unpaired) electrons. The standard InChI is InChI=1S/C22H24N2O/c1-24(2)21(18-10-4-3-5-11-18)16-23-22(25)15-19-13-8-12-17-9-6-7-14-20(17)19/h3-14,21H,15-16H2,1-2H3,(H,23,25)/t21-/m0/s1. The number of hydrogen-bond donors (Lipinski definition) is 1. The van der Waals surface area contributed by atoms with Crippen molar-refractivity contribution >= 4 is 16.7 Å². The molecule has 0 saturated carbocycles. The largest absolute Gasteiger partial charge is 0.354 e. The lowest BCUT2D eigenvalue weighted by atomic mass is 10.0. The Bertz CT molecular complexity index is 838. The van der Waals surface area contributed by atoms with Gasteiger partial charge in [0.2, 0.25) is 5.91 Å². The zero-order valence-electron chi connectivity index (χ0n) is 14.8. The SMILES string of the molecule is CN(C)[C@@H](CNC(=O)Cc1cccc2ccccc12)c1ccccc1. The summed E-state index contributed by atoms with van der Waals surface area (Å²) in [5.74, 6) is 0.0548. The van der Waals surface area contributed by atoms with Crippen LogP contribution in [0.1, 0.15) is 17.2 Å². The highest BCUT2D eigenvalue weighted by Gasteiger charge is 2.15. The van der Waals surface area contributed by atoms with E-state index in [2.05, 4.69) is 40.5 Å². The molecule has 0 aliphatic heterocycles. The molecular weight excluding hydrogens is 308 g/mol. The molecule has 25 heavy (non-hydrogen) atoms. The third-order valence-corrected chi connectivity index (χ3v) is 4.53. The monoisotopic (exact) mass is 332 g/mol. The Hall–Kier alpha value is -2.65. The highest BCUT2D eigenvalue weighted by atomic mass is 16.1. The predicted molar refractivity (Wildman–Crippen MR) is 104 cm³/mol. The second-order valence-electron chi connectivity index (χ2n) is 6.51. The maximum atomic E-state index is 12.5. The third kappa shape index (κ3) is 4.25. The minimum atomic E-state index is 0.0548. The van der Waals surface area contributed by atoms with Gasteiger partial charge in [0.15, 0.2) is 0 Å². The number of nitrogens with one attached hydrogen (secondary N) is 1. The number of nitrogens with zero attached hydrogens (tertiary/aromatic N) is 1. The van der Waals surface area contributed by atoms with Crippen LogP contribution in [0.3, 0.4) is 0 Å². The lowest BCUT2D eigenvalue weighted by Crippen LogP contribution is -2.35. The molecule has 0 aliphatic carbocycles. The molecule has 0 saturated heterocycles. The summed E-state index contributed by atoms with van der Waals surface area (Å²) in [7, 11) is 4.07. The van der Waals surface area contributed by atoms with Crippen LogP contribution in [0, 0.1) is 0 Å². The van der Waals surface area contributed by atoms with Crippen molar-refractivity contribution in [1.82, 2.24) is 10.2 Å². The number of hydrogen-bond acceptors (Lipinski definition) is 2. The fourth-order valence-electron chi connectivity index (χ4n) is 3.17. The second kappa shape index (κ2) is 7.95. The van der Waals surface area contributed by atoms with Crippen LogP contribution >= 0.6 is 0 Å². The molecule has 0 bridgehead atoms. The lowest BCUT2D eigenvalue weighted by Gasteiger charge is -2.25. The zero-order chi connectivity index (χ0) is 17.6. The van der Waals surface area contributed by atoms with Crippen LogP contribution < -0.4 is 5.32 Å². The Morgan fingerprint density at radius 2 is 1.60 bits per heavy atom. The minimum Gasteiger partial charge on any atom is -0.354 e. The van der Waals surface area contributed by atoms with Crippen LogP contribution in [0.5, 0.6) is 0 Å². The van der Waals surface area contributed by atoms with Crippen LogP contribution in [0.25, 0.3) is 10.8 Å². The number of carbonyl (C=O) groups is 1. The van der Waals surface area contributed by atoms with Crippen molar-refractivity contribution in [2.75, 3.05) is 20.6 Å². The molecule has 0 heterocycles. The van der Waals surface area contributed by atoms with Crippen molar-refractivity contribution in [2.24, 2.45) is 0 Å². The molecule has 0 aliphatic rings. The summed E-state index contributed by atoms with van der Waals surface area (Å²) in [5, 5.41) is 5.41. The Balaban J connectivity index is 1.67. The van der Waals surface area contributed by atoms with E-state index in [0.29, 0.717) is 13.0 Å². The van der Waals surface area contributed by atoms with E-state index < -0.39 is 0 Å². The van der Waals surface area contributed by atoms with Gasteiger partial charge in [0, 0.05) is 6.54 Å². The van der Waals surface area contributed by atoms with Gasteiger partial charge in [-0.1, -0.05) is 72.8 Å². The van der Waals surface area contributed by atoms with Crippen LogP contribution in [0.2, 0.25) is 0 Å². The normalized spacial score (nSPS) is 12.3. The van der Waals surface area contributed by atoms with Crippen LogP contribution in [0.15, 0.2) is 72.8 Å². The highest BCUT2D eigenvalue weighted by Crippen LogP contribution is 2.19. The Morgan fingerprint density at radius 3 is 2.36 bits per heavy atom. The molecular formula is C22H24N2O. The van der Waals surface area contributed by atoms with Crippen molar-refractivity contribution < 1.29 is 4.79 Å². The maximum absolute atomic E-state index is 12.5. The Kier molecular flexibility index (Phi) is 5.46. The average Bonchev–Trinajstić information content (AvgIpc) is 2.63. The van der Waals surface area contributed by atoms with E-state index in [1.807, 2.05) is 56.6 Å². The minimum absolute atomic E-state index is 0.0548. The predicted octanol–water partition coefficient (Wildman–Crippen LogP) is 3.80. The number of carbonyl (C=O) groups excluding carboxylic acids is 1. The average molecular weight is 332 g/mol. The van der Waals surface area contributed by atoms with Gasteiger partial charge in [0.25, 0.3) is 0 Å². The fourth-order valence-corrected chi connectivity index (χ4v) is 3.17. The molecule has 0 unspecified atom stereocenters. The molecule has 0 spiro atoms. The fraction of sp³-hybridized carbons (Fsp3) is 0.227. The van der Waals surface area contributed by atoms with Crippen molar-refractivity contribution in [3.8, 4) is 0 Å². The van der Waals surface area contributed by atoms with Crippen molar-refractivity contribution in [3.63, 3.8) is 0 Å². The molecule has 1 atom stereocenters. The zero-order valence-corrected chi connectivity index (χ0v) is 14.8. The second-order valence-corrected chi connectivity index (χ2v) is 6.51. The van der Waals surface area contributed by atoms with Crippen LogP contribution in [-0.4, -0.2) is 31.4 Å².